The van der Waals surface area contributed by atoms with Crippen LogP contribution in [0, 0.1) is 0 Å². The second-order valence-corrected chi connectivity index (χ2v) is 5.68. The van der Waals surface area contributed by atoms with Gasteiger partial charge in [0.25, 0.3) is 0 Å². The number of nitrogens with zero attached hydrogens (tertiary/aromatic N) is 1. The van der Waals surface area contributed by atoms with Crippen molar-refractivity contribution in [3.8, 4) is 0 Å². The Kier molecular flexibility index (Phi) is 4.22. The van der Waals surface area contributed by atoms with Gasteiger partial charge in [-0.3, -0.25) is 0 Å². The van der Waals surface area contributed by atoms with E-state index in [-0.39, 0.29) is 6.10 Å². The molecule has 1 saturated heterocycles. The minimum atomic E-state index is -0.0943. The highest BCUT2D eigenvalue weighted by Gasteiger charge is 2.29. The summed E-state index contributed by atoms with van der Waals surface area (Å²) in [5.41, 5.74) is 0. The van der Waals surface area contributed by atoms with Crippen LogP contribution < -0.4 is 5.32 Å². The second-order valence-electron chi connectivity index (χ2n) is 5.68. The average Bonchev–Trinajstić information content (AvgIpc) is 2.65. The van der Waals surface area contributed by atoms with Crippen LogP contribution in [-0.4, -0.2) is 47.3 Å². The lowest BCUT2D eigenvalue weighted by Crippen LogP contribution is -2.49. The summed E-state index contributed by atoms with van der Waals surface area (Å²) in [5, 5.41) is 13.4. The maximum absolute atomic E-state index is 9.79. The topological polar surface area (TPSA) is 35.5 Å². The zero-order valence-corrected chi connectivity index (χ0v) is 10.7. The molecule has 94 valence electrons. The SMILES string of the molecule is CC(C)N1CCC(NC2CCCC2O)CC1. The molecule has 0 aromatic carbocycles. The molecule has 0 aromatic heterocycles. The molecule has 2 N–H and O–H groups in total. The Morgan fingerprint density at radius 1 is 1.12 bits per heavy atom. The van der Waals surface area contributed by atoms with Crippen molar-refractivity contribution in [2.75, 3.05) is 13.1 Å². The quantitative estimate of drug-likeness (QED) is 0.763. The summed E-state index contributed by atoms with van der Waals surface area (Å²) in [6.07, 6.45) is 5.71. The van der Waals surface area contributed by atoms with E-state index in [1.165, 1.54) is 32.4 Å². The number of rotatable bonds is 3. The molecule has 0 spiro atoms. The first-order valence-electron chi connectivity index (χ1n) is 6.85. The van der Waals surface area contributed by atoms with Crippen molar-refractivity contribution in [1.29, 1.82) is 0 Å². The monoisotopic (exact) mass is 226 g/mol. The Hall–Kier alpha value is -0.120. The smallest absolute Gasteiger partial charge is 0.0693 e. The molecule has 2 unspecified atom stereocenters. The zero-order chi connectivity index (χ0) is 11.5. The molecule has 2 atom stereocenters. The van der Waals surface area contributed by atoms with Gasteiger partial charge in [-0.2, -0.15) is 0 Å². The molecule has 3 nitrogen and oxygen atoms in total. The van der Waals surface area contributed by atoms with E-state index < -0.39 is 0 Å². The van der Waals surface area contributed by atoms with Gasteiger partial charge in [0.1, 0.15) is 0 Å². The maximum atomic E-state index is 9.79. The standard InChI is InChI=1S/C13H26N2O/c1-10(2)15-8-6-11(7-9-15)14-12-4-3-5-13(12)16/h10-14,16H,3-9H2,1-2H3. The Balaban J connectivity index is 1.72. The van der Waals surface area contributed by atoms with Gasteiger partial charge < -0.3 is 15.3 Å². The first-order valence-corrected chi connectivity index (χ1v) is 6.85. The lowest BCUT2D eigenvalue weighted by Gasteiger charge is -2.36. The number of aliphatic hydroxyl groups excluding tert-OH is 1. The molecule has 1 aliphatic heterocycles. The summed E-state index contributed by atoms with van der Waals surface area (Å²) in [7, 11) is 0. The van der Waals surface area contributed by atoms with Crippen LogP contribution in [0.15, 0.2) is 0 Å². The largest absolute Gasteiger partial charge is 0.392 e. The summed E-state index contributed by atoms with van der Waals surface area (Å²) in [6, 6.07) is 1.68. The fourth-order valence-corrected chi connectivity index (χ4v) is 3.02. The molecule has 16 heavy (non-hydrogen) atoms. The molecule has 2 aliphatic rings. The third-order valence-electron chi connectivity index (χ3n) is 4.19. The van der Waals surface area contributed by atoms with Crippen molar-refractivity contribution in [3.63, 3.8) is 0 Å². The molecule has 3 heteroatoms. The maximum Gasteiger partial charge on any atom is 0.0693 e. The van der Waals surface area contributed by atoms with E-state index in [1.807, 2.05) is 0 Å². The van der Waals surface area contributed by atoms with E-state index in [9.17, 15) is 5.11 Å². The minimum absolute atomic E-state index is 0.0943. The predicted molar refractivity (Wildman–Crippen MR) is 66.5 cm³/mol. The fraction of sp³-hybridized carbons (Fsp3) is 1.00. The third-order valence-corrected chi connectivity index (χ3v) is 4.19. The van der Waals surface area contributed by atoms with Gasteiger partial charge in [0, 0.05) is 18.1 Å². The Labute approximate surface area is 99.2 Å². The van der Waals surface area contributed by atoms with Crippen molar-refractivity contribution < 1.29 is 5.11 Å². The van der Waals surface area contributed by atoms with Gasteiger partial charge in [-0.25, -0.2) is 0 Å². The van der Waals surface area contributed by atoms with Crippen LogP contribution in [0.25, 0.3) is 0 Å². The highest BCUT2D eigenvalue weighted by Crippen LogP contribution is 2.21. The third kappa shape index (κ3) is 2.96. The second kappa shape index (κ2) is 5.48. The first-order chi connectivity index (χ1) is 7.66. The molecule has 0 radical (unpaired) electrons. The van der Waals surface area contributed by atoms with Crippen LogP contribution in [0.3, 0.4) is 0 Å². The van der Waals surface area contributed by atoms with Crippen molar-refractivity contribution in [1.82, 2.24) is 10.2 Å². The number of likely N-dealkylation sites (tertiary alicyclic amines) is 1. The van der Waals surface area contributed by atoms with E-state index in [2.05, 4.69) is 24.1 Å². The Morgan fingerprint density at radius 3 is 2.31 bits per heavy atom. The Morgan fingerprint density at radius 2 is 1.81 bits per heavy atom. The molecule has 1 heterocycles. The first kappa shape index (κ1) is 12.3. The van der Waals surface area contributed by atoms with Crippen LogP contribution in [0.2, 0.25) is 0 Å². The molecule has 0 bridgehead atoms. The van der Waals surface area contributed by atoms with E-state index in [1.54, 1.807) is 0 Å². The van der Waals surface area contributed by atoms with Gasteiger partial charge in [0.2, 0.25) is 0 Å². The molecule has 0 aromatic rings. The van der Waals surface area contributed by atoms with E-state index in [0.29, 0.717) is 18.1 Å². The summed E-state index contributed by atoms with van der Waals surface area (Å²) in [5.74, 6) is 0. The van der Waals surface area contributed by atoms with Crippen LogP contribution in [-0.2, 0) is 0 Å². The molecule has 1 saturated carbocycles. The number of piperidine rings is 1. The normalized spacial score (nSPS) is 33.8. The van der Waals surface area contributed by atoms with E-state index in [4.69, 9.17) is 0 Å². The van der Waals surface area contributed by atoms with Crippen LogP contribution in [0.1, 0.15) is 46.0 Å². The lowest BCUT2D eigenvalue weighted by molar-refractivity contribution is 0.118. The summed E-state index contributed by atoms with van der Waals surface area (Å²) >= 11 is 0. The van der Waals surface area contributed by atoms with Crippen molar-refractivity contribution in [2.24, 2.45) is 0 Å². The average molecular weight is 226 g/mol. The Bertz CT molecular complexity index is 212. The molecule has 0 amide bonds. The van der Waals surface area contributed by atoms with Crippen molar-refractivity contribution in [3.05, 3.63) is 0 Å². The van der Waals surface area contributed by atoms with Crippen molar-refractivity contribution in [2.45, 2.75) is 70.2 Å². The summed E-state index contributed by atoms with van der Waals surface area (Å²) < 4.78 is 0. The van der Waals surface area contributed by atoms with E-state index in [0.717, 1.165) is 12.8 Å². The highest BCUT2D eigenvalue weighted by atomic mass is 16.3. The van der Waals surface area contributed by atoms with Gasteiger partial charge in [0.05, 0.1) is 6.10 Å². The number of aliphatic hydroxyl groups is 1. The lowest BCUT2D eigenvalue weighted by atomic mass is 10.0. The number of hydrogen-bond donors (Lipinski definition) is 2. The molecular weight excluding hydrogens is 200 g/mol. The van der Waals surface area contributed by atoms with Gasteiger partial charge in [0.15, 0.2) is 0 Å². The minimum Gasteiger partial charge on any atom is -0.392 e. The molecule has 2 rings (SSSR count). The molecular formula is C13H26N2O. The van der Waals surface area contributed by atoms with Gasteiger partial charge in [-0.1, -0.05) is 0 Å². The molecule has 1 aliphatic carbocycles. The highest BCUT2D eigenvalue weighted by molar-refractivity contribution is 4.88. The van der Waals surface area contributed by atoms with Crippen LogP contribution >= 0.6 is 0 Å². The summed E-state index contributed by atoms with van der Waals surface area (Å²) in [6.45, 7) is 6.96. The van der Waals surface area contributed by atoms with Crippen LogP contribution in [0.4, 0.5) is 0 Å². The fourth-order valence-electron chi connectivity index (χ4n) is 3.02. The van der Waals surface area contributed by atoms with E-state index >= 15 is 0 Å². The van der Waals surface area contributed by atoms with Crippen molar-refractivity contribution >= 4 is 0 Å². The van der Waals surface area contributed by atoms with Crippen LogP contribution in [0.5, 0.6) is 0 Å². The zero-order valence-electron chi connectivity index (χ0n) is 10.7. The summed E-state index contributed by atoms with van der Waals surface area (Å²) in [4.78, 5) is 2.54. The molecule has 2 fully saturated rings. The van der Waals surface area contributed by atoms with Gasteiger partial charge >= 0.3 is 0 Å². The number of hydrogen-bond acceptors (Lipinski definition) is 3. The van der Waals surface area contributed by atoms with Gasteiger partial charge in [-0.05, 0) is 59.0 Å². The predicted octanol–water partition coefficient (Wildman–Crippen LogP) is 1.36. The number of nitrogens with one attached hydrogen (secondary N) is 1. The van der Waals surface area contributed by atoms with Gasteiger partial charge in [-0.15, -0.1) is 0 Å².